The maximum absolute atomic E-state index is 4.51. The topological polar surface area (TPSA) is 29.9 Å². The van der Waals surface area contributed by atoms with E-state index in [9.17, 15) is 0 Å². The van der Waals surface area contributed by atoms with Gasteiger partial charge in [0.2, 0.25) is 0 Å². The molecule has 0 aliphatic heterocycles. The summed E-state index contributed by atoms with van der Waals surface area (Å²) in [6.45, 7) is 7.73. The van der Waals surface area contributed by atoms with Crippen LogP contribution < -0.4 is 5.32 Å². The fourth-order valence-corrected chi connectivity index (χ4v) is 3.08. The first-order valence-electron chi connectivity index (χ1n) is 7.66. The van der Waals surface area contributed by atoms with Crippen LogP contribution in [0.25, 0.3) is 5.69 Å². The molecule has 1 unspecified atom stereocenters. The fraction of sp³-hybridized carbons (Fsp3) is 0.471. The standard InChI is InChI=1S/C17H25N3S/c1-4-11-18-16(13-21-14(2)3)17-10-12-19-20(17)15-8-6-5-7-9-15/h5-10,12,14,16,18H,4,11,13H2,1-3H3. The van der Waals surface area contributed by atoms with Crippen molar-refractivity contribution in [1.82, 2.24) is 15.1 Å². The van der Waals surface area contributed by atoms with E-state index >= 15 is 0 Å². The van der Waals surface area contributed by atoms with E-state index in [1.807, 2.05) is 28.7 Å². The molecule has 1 heterocycles. The monoisotopic (exact) mass is 303 g/mol. The molecule has 1 atom stereocenters. The highest BCUT2D eigenvalue weighted by atomic mass is 32.2. The lowest BCUT2D eigenvalue weighted by Crippen LogP contribution is -2.27. The van der Waals surface area contributed by atoms with Crippen molar-refractivity contribution in [2.75, 3.05) is 12.3 Å². The minimum absolute atomic E-state index is 0.333. The van der Waals surface area contributed by atoms with Crippen molar-refractivity contribution in [3.8, 4) is 5.69 Å². The van der Waals surface area contributed by atoms with Crippen LogP contribution in [0.15, 0.2) is 42.6 Å². The molecule has 0 aliphatic rings. The Morgan fingerprint density at radius 1 is 1.19 bits per heavy atom. The van der Waals surface area contributed by atoms with E-state index in [2.05, 4.69) is 61.5 Å². The molecule has 2 rings (SSSR count). The summed E-state index contributed by atoms with van der Waals surface area (Å²) in [7, 11) is 0. The number of nitrogens with one attached hydrogen (secondary N) is 1. The molecule has 1 aromatic heterocycles. The zero-order chi connectivity index (χ0) is 15.1. The maximum atomic E-state index is 4.51. The molecule has 0 bridgehead atoms. The van der Waals surface area contributed by atoms with Crippen LogP contribution in [0, 0.1) is 0 Å². The second-order valence-electron chi connectivity index (χ2n) is 5.39. The van der Waals surface area contributed by atoms with E-state index in [1.165, 1.54) is 5.69 Å². The molecule has 1 aromatic carbocycles. The zero-order valence-electron chi connectivity index (χ0n) is 13.1. The third-order valence-electron chi connectivity index (χ3n) is 3.27. The van der Waals surface area contributed by atoms with E-state index in [0.29, 0.717) is 11.3 Å². The van der Waals surface area contributed by atoms with Gasteiger partial charge in [0, 0.05) is 11.9 Å². The van der Waals surface area contributed by atoms with Crippen molar-refractivity contribution in [3.05, 3.63) is 48.3 Å². The summed E-state index contributed by atoms with van der Waals surface area (Å²) < 4.78 is 2.05. The Balaban J connectivity index is 2.21. The molecule has 0 saturated carbocycles. The van der Waals surface area contributed by atoms with Gasteiger partial charge in [0.25, 0.3) is 0 Å². The molecule has 0 saturated heterocycles. The largest absolute Gasteiger partial charge is 0.308 e. The molecule has 3 nitrogen and oxygen atoms in total. The Morgan fingerprint density at radius 3 is 2.62 bits per heavy atom. The van der Waals surface area contributed by atoms with Crippen LogP contribution in [-0.2, 0) is 0 Å². The quantitative estimate of drug-likeness (QED) is 0.797. The van der Waals surface area contributed by atoms with Crippen LogP contribution in [-0.4, -0.2) is 27.3 Å². The lowest BCUT2D eigenvalue weighted by Gasteiger charge is -2.20. The van der Waals surface area contributed by atoms with Crippen molar-refractivity contribution in [2.45, 2.75) is 38.5 Å². The molecule has 0 fully saturated rings. The van der Waals surface area contributed by atoms with Gasteiger partial charge in [-0.15, -0.1) is 0 Å². The van der Waals surface area contributed by atoms with Gasteiger partial charge in [-0.2, -0.15) is 16.9 Å². The third kappa shape index (κ3) is 4.61. The number of thioether (sulfide) groups is 1. The minimum Gasteiger partial charge on any atom is -0.308 e. The van der Waals surface area contributed by atoms with Crippen LogP contribution >= 0.6 is 11.8 Å². The van der Waals surface area contributed by atoms with Gasteiger partial charge in [-0.05, 0) is 36.4 Å². The second-order valence-corrected chi connectivity index (χ2v) is 7.00. The van der Waals surface area contributed by atoms with Crippen LogP contribution in [0.1, 0.15) is 38.9 Å². The van der Waals surface area contributed by atoms with Gasteiger partial charge in [-0.3, -0.25) is 0 Å². The van der Waals surface area contributed by atoms with Gasteiger partial charge in [-0.1, -0.05) is 39.0 Å². The lowest BCUT2D eigenvalue weighted by molar-refractivity contribution is 0.549. The number of hydrogen-bond acceptors (Lipinski definition) is 3. The molecule has 0 radical (unpaired) electrons. The number of hydrogen-bond donors (Lipinski definition) is 1. The van der Waals surface area contributed by atoms with Crippen molar-refractivity contribution in [1.29, 1.82) is 0 Å². The lowest BCUT2D eigenvalue weighted by atomic mass is 10.2. The SMILES string of the molecule is CCCNC(CSC(C)C)c1ccnn1-c1ccccc1. The number of benzene rings is 1. The average Bonchev–Trinajstić information content (AvgIpc) is 2.97. The van der Waals surface area contributed by atoms with E-state index in [-0.39, 0.29) is 0 Å². The first-order valence-corrected chi connectivity index (χ1v) is 8.71. The highest BCUT2D eigenvalue weighted by Crippen LogP contribution is 2.23. The first kappa shape index (κ1) is 16.1. The number of rotatable bonds is 8. The summed E-state index contributed by atoms with van der Waals surface area (Å²) in [5, 5.41) is 8.81. The first-order chi connectivity index (χ1) is 10.2. The predicted octanol–water partition coefficient (Wildman–Crippen LogP) is 4.05. The van der Waals surface area contributed by atoms with Crippen molar-refractivity contribution < 1.29 is 0 Å². The van der Waals surface area contributed by atoms with Gasteiger partial charge >= 0.3 is 0 Å². The van der Waals surface area contributed by atoms with Crippen molar-refractivity contribution in [2.24, 2.45) is 0 Å². The summed E-state index contributed by atoms with van der Waals surface area (Å²) in [5.74, 6) is 1.07. The molecule has 0 aliphatic carbocycles. The molecule has 0 amide bonds. The van der Waals surface area contributed by atoms with E-state index < -0.39 is 0 Å². The van der Waals surface area contributed by atoms with Gasteiger partial charge in [0.1, 0.15) is 0 Å². The van der Waals surface area contributed by atoms with Gasteiger partial charge in [-0.25, -0.2) is 4.68 Å². The van der Waals surface area contributed by atoms with Gasteiger partial charge < -0.3 is 5.32 Å². The normalized spacial score (nSPS) is 12.8. The third-order valence-corrected chi connectivity index (χ3v) is 4.46. The summed E-state index contributed by atoms with van der Waals surface area (Å²) in [6, 6.07) is 12.8. The zero-order valence-corrected chi connectivity index (χ0v) is 13.9. The van der Waals surface area contributed by atoms with Crippen molar-refractivity contribution >= 4 is 11.8 Å². The Hall–Kier alpha value is -1.26. The minimum atomic E-state index is 0.333. The molecule has 1 N–H and O–H groups in total. The highest BCUT2D eigenvalue weighted by Gasteiger charge is 2.17. The van der Waals surface area contributed by atoms with Gasteiger partial charge in [0.15, 0.2) is 0 Å². The molecular formula is C17H25N3S. The molecule has 21 heavy (non-hydrogen) atoms. The predicted molar refractivity (Wildman–Crippen MR) is 92.2 cm³/mol. The number of aromatic nitrogens is 2. The molecule has 114 valence electrons. The summed E-state index contributed by atoms with van der Waals surface area (Å²) in [6.07, 6.45) is 3.03. The van der Waals surface area contributed by atoms with Gasteiger partial charge in [0.05, 0.1) is 17.4 Å². The second kappa shape index (κ2) is 8.25. The summed E-state index contributed by atoms with van der Waals surface area (Å²) in [5.41, 5.74) is 2.36. The van der Waals surface area contributed by atoms with Crippen LogP contribution in [0.4, 0.5) is 0 Å². The fourth-order valence-electron chi connectivity index (χ4n) is 2.22. The Bertz CT molecular complexity index is 522. The molecule has 2 aromatic rings. The Labute approximate surface area is 132 Å². The molecule has 4 heteroatoms. The van der Waals surface area contributed by atoms with Crippen molar-refractivity contribution in [3.63, 3.8) is 0 Å². The Kier molecular flexibility index (Phi) is 6.33. The average molecular weight is 303 g/mol. The molecule has 0 spiro atoms. The van der Waals surface area contributed by atoms with E-state index in [4.69, 9.17) is 0 Å². The van der Waals surface area contributed by atoms with Crippen LogP contribution in [0.2, 0.25) is 0 Å². The Morgan fingerprint density at radius 2 is 1.95 bits per heavy atom. The highest BCUT2D eigenvalue weighted by molar-refractivity contribution is 7.99. The number of nitrogens with zero attached hydrogens (tertiary/aromatic N) is 2. The van der Waals surface area contributed by atoms with E-state index in [1.54, 1.807) is 0 Å². The van der Waals surface area contributed by atoms with Crippen LogP contribution in [0.3, 0.4) is 0 Å². The van der Waals surface area contributed by atoms with E-state index in [0.717, 1.165) is 24.4 Å². The summed E-state index contributed by atoms with van der Waals surface area (Å²) in [4.78, 5) is 0. The smallest absolute Gasteiger partial charge is 0.0649 e. The maximum Gasteiger partial charge on any atom is 0.0649 e. The number of para-hydroxylation sites is 1. The van der Waals surface area contributed by atoms with Crippen LogP contribution in [0.5, 0.6) is 0 Å². The molecular weight excluding hydrogens is 278 g/mol. The summed E-state index contributed by atoms with van der Waals surface area (Å²) >= 11 is 1.99.